The van der Waals surface area contributed by atoms with Gasteiger partial charge in [-0.25, -0.2) is 0 Å². The van der Waals surface area contributed by atoms with E-state index >= 15 is 0 Å². The lowest BCUT2D eigenvalue weighted by Crippen LogP contribution is -2.44. The first-order valence-electron chi connectivity index (χ1n) is 6.58. The molecule has 0 saturated carbocycles. The molecule has 0 aliphatic heterocycles. The van der Waals surface area contributed by atoms with Gasteiger partial charge in [0, 0.05) is 6.42 Å². The van der Waals surface area contributed by atoms with Crippen LogP contribution in [-0.4, -0.2) is 38.7 Å². The number of hydrogen-bond acceptors (Lipinski definition) is 4. The van der Waals surface area contributed by atoms with Crippen LogP contribution in [0.2, 0.25) is 18.1 Å². The first kappa shape index (κ1) is 18.3. The van der Waals surface area contributed by atoms with Crippen molar-refractivity contribution in [2.45, 2.75) is 64.0 Å². The Morgan fingerprint density at radius 2 is 1.95 bits per heavy atom. The van der Waals surface area contributed by atoms with E-state index in [-0.39, 0.29) is 17.6 Å². The van der Waals surface area contributed by atoms with E-state index in [0.717, 1.165) is 0 Å². The topological polar surface area (TPSA) is 55.8 Å². The summed E-state index contributed by atoms with van der Waals surface area (Å²) < 4.78 is 10.7. The van der Waals surface area contributed by atoms with Crippen molar-refractivity contribution in [3.63, 3.8) is 0 Å². The normalized spacial score (nSPS) is 15.7. The lowest BCUT2D eigenvalue weighted by molar-refractivity contribution is -0.143. The Hall–Kier alpha value is -0.653. The van der Waals surface area contributed by atoms with Gasteiger partial charge in [0.1, 0.15) is 0 Å². The van der Waals surface area contributed by atoms with Crippen molar-refractivity contribution in [3.8, 4) is 0 Å². The molecule has 0 aliphatic carbocycles. The molecule has 4 nitrogen and oxygen atoms in total. The van der Waals surface area contributed by atoms with Gasteiger partial charge in [-0.15, -0.1) is 6.58 Å². The molecule has 0 heterocycles. The average Bonchev–Trinajstić information content (AvgIpc) is 2.25. The summed E-state index contributed by atoms with van der Waals surface area (Å²) in [7, 11) is -0.591. The van der Waals surface area contributed by atoms with Crippen molar-refractivity contribution in [1.29, 1.82) is 0 Å². The first-order chi connectivity index (χ1) is 8.53. The number of rotatable bonds is 7. The molecule has 1 unspecified atom stereocenters. The minimum absolute atomic E-state index is 0.0122. The fourth-order valence-corrected chi connectivity index (χ4v) is 2.68. The third-order valence-electron chi connectivity index (χ3n) is 3.65. The summed E-state index contributed by atoms with van der Waals surface area (Å²) in [4.78, 5) is 11.1. The zero-order valence-electron chi connectivity index (χ0n) is 13.0. The minimum Gasteiger partial charge on any atom is -0.469 e. The van der Waals surface area contributed by atoms with Crippen LogP contribution in [0.15, 0.2) is 12.7 Å². The van der Waals surface area contributed by atoms with Gasteiger partial charge in [0.15, 0.2) is 8.32 Å². The molecule has 0 aromatic carbocycles. The fraction of sp³-hybridized carbons (Fsp3) is 0.786. The number of carbonyl (C=O) groups excluding carboxylic acids is 1. The summed E-state index contributed by atoms with van der Waals surface area (Å²) in [5.41, 5.74) is 0. The highest BCUT2D eigenvalue weighted by Gasteiger charge is 2.39. The maximum atomic E-state index is 11.1. The van der Waals surface area contributed by atoms with E-state index in [1.165, 1.54) is 7.11 Å². The number of methoxy groups -OCH3 is 1. The molecule has 0 amide bonds. The van der Waals surface area contributed by atoms with Crippen LogP contribution >= 0.6 is 0 Å². The highest BCUT2D eigenvalue weighted by Crippen LogP contribution is 2.37. The van der Waals surface area contributed by atoms with Crippen LogP contribution in [0, 0.1) is 0 Å². The van der Waals surface area contributed by atoms with Gasteiger partial charge < -0.3 is 14.3 Å². The molecular formula is C14H28O4Si. The highest BCUT2D eigenvalue weighted by atomic mass is 28.4. The Bertz CT molecular complexity index is 307. The molecule has 0 aromatic heterocycles. The maximum Gasteiger partial charge on any atom is 0.308 e. The first-order valence-corrected chi connectivity index (χ1v) is 9.49. The van der Waals surface area contributed by atoms with Gasteiger partial charge in [-0.05, 0) is 18.1 Å². The van der Waals surface area contributed by atoms with Gasteiger partial charge in [0.2, 0.25) is 0 Å². The lowest BCUT2D eigenvalue weighted by atomic mass is 10.1. The van der Waals surface area contributed by atoms with E-state index in [0.29, 0.717) is 6.42 Å². The summed E-state index contributed by atoms with van der Waals surface area (Å²) in [6.07, 6.45) is 1.05. The largest absolute Gasteiger partial charge is 0.469 e. The molecule has 5 heteroatoms. The van der Waals surface area contributed by atoms with Gasteiger partial charge >= 0.3 is 5.97 Å². The van der Waals surface area contributed by atoms with E-state index in [1.807, 2.05) is 0 Å². The molecule has 0 radical (unpaired) electrons. The Morgan fingerprint density at radius 1 is 1.42 bits per heavy atom. The molecule has 0 aliphatic rings. The zero-order chi connectivity index (χ0) is 15.3. The summed E-state index contributed by atoms with van der Waals surface area (Å²) in [6, 6.07) is 0. The second-order valence-electron chi connectivity index (χ2n) is 6.32. The van der Waals surface area contributed by atoms with Gasteiger partial charge in [-0.1, -0.05) is 26.8 Å². The summed E-state index contributed by atoms with van der Waals surface area (Å²) in [5, 5.41) is 9.94. The van der Waals surface area contributed by atoms with Gasteiger partial charge in [-0.2, -0.15) is 0 Å². The van der Waals surface area contributed by atoms with Crippen molar-refractivity contribution in [3.05, 3.63) is 12.7 Å². The van der Waals surface area contributed by atoms with Crippen LogP contribution < -0.4 is 0 Å². The van der Waals surface area contributed by atoms with Crippen molar-refractivity contribution >= 4 is 14.3 Å². The van der Waals surface area contributed by atoms with Crippen molar-refractivity contribution in [1.82, 2.24) is 0 Å². The van der Waals surface area contributed by atoms with Gasteiger partial charge in [0.25, 0.3) is 0 Å². The molecule has 0 bridgehead atoms. The third-order valence-corrected chi connectivity index (χ3v) is 8.15. The molecule has 2 atom stereocenters. The standard InChI is InChI=1S/C14H28O4Si/c1-8-12(9-11(15)10-13(16)17-5)18-19(6,7)14(2,3)4/h8,11-12,15H,1,9-10H2,2-7H3/t11-,12?/m1/s1. The predicted octanol–water partition coefficient (Wildman–Crippen LogP) is 2.88. The van der Waals surface area contributed by atoms with Crippen LogP contribution in [0.5, 0.6) is 0 Å². The Morgan fingerprint density at radius 3 is 2.32 bits per heavy atom. The number of carbonyl (C=O) groups is 1. The molecule has 0 rings (SSSR count). The third kappa shape index (κ3) is 6.36. The number of aliphatic hydroxyl groups excluding tert-OH is 1. The van der Waals surface area contributed by atoms with Crippen molar-refractivity contribution in [2.75, 3.05) is 7.11 Å². The van der Waals surface area contributed by atoms with Gasteiger partial charge in [-0.3, -0.25) is 4.79 Å². The molecule has 1 N–H and O–H groups in total. The minimum atomic E-state index is -1.90. The van der Waals surface area contributed by atoms with E-state index in [1.54, 1.807) is 6.08 Å². The van der Waals surface area contributed by atoms with E-state index in [9.17, 15) is 9.90 Å². The fourth-order valence-electron chi connectivity index (χ4n) is 1.37. The van der Waals surface area contributed by atoms with Crippen molar-refractivity contribution < 1.29 is 19.1 Å². The summed E-state index contributed by atoms with van der Waals surface area (Å²) >= 11 is 0. The molecule has 112 valence electrons. The molecule has 0 aromatic rings. The molecule has 0 saturated heterocycles. The number of hydrogen-bond donors (Lipinski definition) is 1. The van der Waals surface area contributed by atoms with Crippen LogP contribution in [0.3, 0.4) is 0 Å². The Balaban J connectivity index is 4.52. The monoisotopic (exact) mass is 288 g/mol. The number of ether oxygens (including phenoxy) is 1. The molecular weight excluding hydrogens is 260 g/mol. The summed E-state index contributed by atoms with van der Waals surface area (Å²) in [6.45, 7) is 14.5. The molecule has 0 fully saturated rings. The average molecular weight is 288 g/mol. The van der Waals surface area contributed by atoms with Gasteiger partial charge in [0.05, 0.1) is 25.7 Å². The lowest BCUT2D eigenvalue weighted by Gasteiger charge is -2.39. The van der Waals surface area contributed by atoms with Crippen molar-refractivity contribution in [2.24, 2.45) is 0 Å². The quantitative estimate of drug-likeness (QED) is 0.444. The van der Waals surface area contributed by atoms with E-state index in [4.69, 9.17) is 4.43 Å². The number of esters is 1. The van der Waals surface area contributed by atoms with Crippen LogP contribution in [0.25, 0.3) is 0 Å². The van der Waals surface area contributed by atoms with E-state index < -0.39 is 20.4 Å². The second kappa shape index (κ2) is 7.22. The smallest absolute Gasteiger partial charge is 0.308 e. The Kier molecular flexibility index (Phi) is 6.97. The number of aliphatic hydroxyl groups is 1. The summed E-state index contributed by atoms with van der Waals surface area (Å²) in [5.74, 6) is -0.414. The van der Waals surface area contributed by atoms with Crippen LogP contribution in [-0.2, 0) is 14.0 Å². The highest BCUT2D eigenvalue weighted by molar-refractivity contribution is 6.74. The molecule has 0 spiro atoms. The SMILES string of the molecule is C=CC(C[C@@H](O)CC(=O)OC)O[Si](C)(C)C(C)(C)C. The van der Waals surface area contributed by atoms with Crippen LogP contribution in [0.4, 0.5) is 0 Å². The van der Waals surface area contributed by atoms with Crippen LogP contribution in [0.1, 0.15) is 33.6 Å². The predicted molar refractivity (Wildman–Crippen MR) is 79.5 cm³/mol. The Labute approximate surface area is 117 Å². The molecule has 19 heavy (non-hydrogen) atoms. The second-order valence-corrected chi connectivity index (χ2v) is 11.1. The zero-order valence-corrected chi connectivity index (χ0v) is 14.0. The maximum absolute atomic E-state index is 11.1. The van der Waals surface area contributed by atoms with E-state index in [2.05, 4.69) is 45.2 Å².